The molecule has 2 aromatic carbocycles. The van der Waals surface area contributed by atoms with Gasteiger partial charge in [-0.1, -0.05) is 25.1 Å². The molecule has 1 aliphatic rings. The van der Waals surface area contributed by atoms with Gasteiger partial charge in [0.2, 0.25) is 0 Å². The molecule has 9 heteroatoms. The number of nitrogens with one attached hydrogen (secondary N) is 1. The van der Waals surface area contributed by atoms with Crippen LogP contribution in [0, 0.1) is 5.82 Å². The number of hydrogen-bond acceptors (Lipinski definition) is 6. The van der Waals surface area contributed by atoms with Crippen molar-refractivity contribution in [2.45, 2.75) is 37.7 Å². The van der Waals surface area contributed by atoms with Crippen LogP contribution >= 0.6 is 0 Å². The third-order valence-corrected chi connectivity index (χ3v) is 4.89. The van der Waals surface area contributed by atoms with Crippen LogP contribution in [0.3, 0.4) is 0 Å². The molecule has 8 nitrogen and oxygen atoms in total. The third kappa shape index (κ3) is 4.37. The van der Waals surface area contributed by atoms with E-state index >= 15 is 0 Å². The molecule has 2 unspecified atom stereocenters. The predicted molar refractivity (Wildman–Crippen MR) is 103 cm³/mol. The van der Waals surface area contributed by atoms with Gasteiger partial charge in [-0.15, -0.1) is 0 Å². The largest absolute Gasteiger partial charge is 0.475 e. The second-order valence-corrected chi connectivity index (χ2v) is 7.00. The number of aliphatic carboxylic acids is 2. The summed E-state index contributed by atoms with van der Waals surface area (Å²) in [7, 11) is 0. The van der Waals surface area contributed by atoms with Crippen LogP contribution in [0.15, 0.2) is 42.5 Å². The normalized spacial score (nSPS) is 16.1. The number of fused-ring (bicyclic) bond motifs is 1. The Labute approximate surface area is 171 Å². The number of carbonyl (C=O) groups is 2. The van der Waals surface area contributed by atoms with Gasteiger partial charge in [0.15, 0.2) is 11.5 Å². The minimum atomic E-state index is -2.79. The quantitative estimate of drug-likeness (QED) is 0.456. The zero-order valence-corrected chi connectivity index (χ0v) is 16.2. The molecule has 1 aliphatic heterocycles. The molecule has 1 heterocycles. The van der Waals surface area contributed by atoms with Crippen LogP contribution in [0.5, 0.6) is 11.5 Å². The molecule has 3 rings (SSSR count). The molecule has 0 saturated heterocycles. The smallest absolute Gasteiger partial charge is 0.453 e. The van der Waals surface area contributed by atoms with Gasteiger partial charge < -0.3 is 30.1 Å². The van der Waals surface area contributed by atoms with Gasteiger partial charge in [0.05, 0.1) is 6.10 Å². The van der Waals surface area contributed by atoms with Crippen molar-refractivity contribution < 1.29 is 38.8 Å². The Morgan fingerprint density at radius 3 is 2.43 bits per heavy atom. The molecule has 0 saturated carbocycles. The number of aliphatic hydroxyl groups is 1. The van der Waals surface area contributed by atoms with E-state index in [1.807, 2.05) is 6.92 Å². The van der Waals surface area contributed by atoms with Crippen LogP contribution in [-0.4, -0.2) is 45.6 Å². The molecule has 160 valence electrons. The predicted octanol–water partition coefficient (Wildman–Crippen LogP) is 2.11. The third-order valence-electron chi connectivity index (χ3n) is 4.89. The van der Waals surface area contributed by atoms with E-state index in [2.05, 4.69) is 5.32 Å². The maximum Gasteiger partial charge on any atom is 0.453 e. The van der Waals surface area contributed by atoms with Crippen LogP contribution in [0.2, 0.25) is 0 Å². The van der Waals surface area contributed by atoms with Crippen molar-refractivity contribution in [1.29, 1.82) is 0 Å². The summed E-state index contributed by atoms with van der Waals surface area (Å²) in [6, 6.07) is 10.4. The zero-order valence-electron chi connectivity index (χ0n) is 16.2. The van der Waals surface area contributed by atoms with Gasteiger partial charge in [0.25, 0.3) is 0 Å². The summed E-state index contributed by atoms with van der Waals surface area (Å²) in [6.07, 6.45) is 0.354. The summed E-state index contributed by atoms with van der Waals surface area (Å²) in [4.78, 5) is 22.7. The highest BCUT2D eigenvalue weighted by molar-refractivity contribution is 6.01. The lowest BCUT2D eigenvalue weighted by atomic mass is 10.0. The second-order valence-electron chi connectivity index (χ2n) is 7.00. The van der Waals surface area contributed by atoms with Gasteiger partial charge in [0.1, 0.15) is 5.82 Å². The van der Waals surface area contributed by atoms with Crippen molar-refractivity contribution in [3.8, 4) is 11.5 Å². The fraction of sp³-hybridized carbons (Fsp3) is 0.333. The Kier molecular flexibility index (Phi) is 6.23. The van der Waals surface area contributed by atoms with Crippen molar-refractivity contribution in [1.82, 2.24) is 5.32 Å². The first kappa shape index (κ1) is 21.5. The number of benzene rings is 2. The maximum atomic E-state index is 13.3. The molecule has 2 aromatic rings. The van der Waals surface area contributed by atoms with Gasteiger partial charge in [-0.25, -0.2) is 14.0 Å². The number of ether oxygens (including phenoxy) is 2. The molecule has 0 aromatic heterocycles. The molecule has 0 amide bonds. The van der Waals surface area contributed by atoms with E-state index in [-0.39, 0.29) is 24.1 Å². The van der Waals surface area contributed by atoms with Crippen molar-refractivity contribution >= 4 is 11.9 Å². The Morgan fingerprint density at radius 1 is 1.10 bits per heavy atom. The van der Waals surface area contributed by atoms with Gasteiger partial charge in [-0.2, -0.15) is 0 Å². The van der Waals surface area contributed by atoms with Crippen molar-refractivity contribution in [2.24, 2.45) is 0 Å². The molecule has 4 N–H and O–H groups in total. The van der Waals surface area contributed by atoms with E-state index in [0.717, 1.165) is 12.0 Å². The average Bonchev–Trinajstić information content (AvgIpc) is 3.11. The number of carboxylic acids is 2. The second kappa shape index (κ2) is 8.68. The standard InChI is InChI=1S/C21H22FNO7/c1-2-15(23-11-16(24)13-4-3-5-14(22)10-13)8-12-6-7-17-18(9-12)30-21(29-17,19(25)26)20(27)28/h3-7,9-10,15-16,23-24H,2,8,11H2,1H3,(H,25,26)(H,27,28). The van der Waals surface area contributed by atoms with Crippen molar-refractivity contribution in [3.05, 3.63) is 59.4 Å². The first-order chi connectivity index (χ1) is 14.2. The SMILES string of the molecule is CCC(Cc1ccc2c(c1)OC(C(=O)O)(C(=O)O)O2)NCC(O)c1cccc(F)c1. The fourth-order valence-electron chi connectivity index (χ4n) is 3.20. The summed E-state index contributed by atoms with van der Waals surface area (Å²) >= 11 is 0. The number of hydrogen-bond donors (Lipinski definition) is 4. The highest BCUT2D eigenvalue weighted by Crippen LogP contribution is 2.40. The van der Waals surface area contributed by atoms with E-state index < -0.39 is 29.6 Å². The van der Waals surface area contributed by atoms with E-state index in [4.69, 9.17) is 9.47 Å². The number of carboxylic acid groups (broad SMARTS) is 2. The Balaban J connectivity index is 1.65. The molecule has 0 bridgehead atoms. The van der Waals surface area contributed by atoms with Crippen LogP contribution in [0.25, 0.3) is 0 Å². The van der Waals surface area contributed by atoms with Gasteiger partial charge >= 0.3 is 17.7 Å². The van der Waals surface area contributed by atoms with E-state index in [1.54, 1.807) is 12.1 Å². The molecular weight excluding hydrogens is 397 g/mol. The summed E-state index contributed by atoms with van der Waals surface area (Å²) < 4.78 is 23.5. The van der Waals surface area contributed by atoms with Crippen LogP contribution in [0.4, 0.5) is 4.39 Å². The van der Waals surface area contributed by atoms with Gasteiger partial charge in [0, 0.05) is 12.6 Å². The number of rotatable bonds is 9. The summed E-state index contributed by atoms with van der Waals surface area (Å²) in [5.41, 5.74) is 1.24. The molecule has 0 spiro atoms. The lowest BCUT2D eigenvalue weighted by Gasteiger charge is -2.20. The number of halogens is 1. The monoisotopic (exact) mass is 419 g/mol. The molecule has 0 fully saturated rings. The highest BCUT2D eigenvalue weighted by atomic mass is 19.1. The lowest BCUT2D eigenvalue weighted by molar-refractivity contribution is -0.194. The molecule has 2 atom stereocenters. The Hall–Kier alpha value is -3.17. The van der Waals surface area contributed by atoms with Crippen LogP contribution < -0.4 is 14.8 Å². The summed E-state index contributed by atoms with van der Waals surface area (Å²) in [5.74, 6) is -6.66. The lowest BCUT2D eigenvalue weighted by Crippen LogP contribution is -2.54. The van der Waals surface area contributed by atoms with E-state index in [0.29, 0.717) is 12.0 Å². The summed E-state index contributed by atoms with van der Waals surface area (Å²) in [6.45, 7) is 2.17. The Morgan fingerprint density at radius 2 is 1.80 bits per heavy atom. The highest BCUT2D eigenvalue weighted by Gasteiger charge is 2.57. The molecule has 0 aliphatic carbocycles. The first-order valence-electron chi connectivity index (χ1n) is 9.39. The van der Waals surface area contributed by atoms with Gasteiger partial charge in [-0.05, 0) is 48.2 Å². The zero-order chi connectivity index (χ0) is 21.9. The topological polar surface area (TPSA) is 125 Å². The van der Waals surface area contributed by atoms with Crippen LogP contribution in [0.1, 0.15) is 30.6 Å². The maximum absolute atomic E-state index is 13.3. The first-order valence-corrected chi connectivity index (χ1v) is 9.39. The number of aliphatic hydroxyl groups excluding tert-OH is 1. The molecule has 0 radical (unpaired) electrons. The van der Waals surface area contributed by atoms with E-state index in [9.17, 15) is 29.3 Å². The van der Waals surface area contributed by atoms with Crippen LogP contribution in [-0.2, 0) is 16.0 Å². The summed E-state index contributed by atoms with van der Waals surface area (Å²) in [5, 5.41) is 31.9. The minimum absolute atomic E-state index is 0.0334. The van der Waals surface area contributed by atoms with Crippen molar-refractivity contribution in [2.75, 3.05) is 6.54 Å². The van der Waals surface area contributed by atoms with Crippen molar-refractivity contribution in [3.63, 3.8) is 0 Å². The Bertz CT molecular complexity index is 935. The fourth-order valence-corrected chi connectivity index (χ4v) is 3.20. The average molecular weight is 419 g/mol. The van der Waals surface area contributed by atoms with E-state index in [1.165, 1.54) is 30.3 Å². The minimum Gasteiger partial charge on any atom is -0.475 e. The molecule has 30 heavy (non-hydrogen) atoms. The molecular formula is C21H22FNO7. The van der Waals surface area contributed by atoms with Gasteiger partial charge in [-0.3, -0.25) is 0 Å².